The quantitative estimate of drug-likeness (QED) is 0.910. The number of carbonyl (C=O) groups excluding carboxylic acids is 1. The Kier molecular flexibility index (Phi) is 3.11. The van der Waals surface area contributed by atoms with Gasteiger partial charge in [-0.3, -0.25) is 4.79 Å². The molecule has 1 aromatic heterocycles. The molecular weight excluding hydrogens is 268 g/mol. The van der Waals surface area contributed by atoms with Crippen molar-refractivity contribution in [3.8, 4) is 0 Å². The molecule has 3 aliphatic rings. The lowest BCUT2D eigenvalue weighted by molar-refractivity contribution is -0.138. The molecule has 1 saturated heterocycles. The summed E-state index contributed by atoms with van der Waals surface area (Å²) in [6.45, 7) is 0.919. The molecule has 5 unspecified atom stereocenters. The van der Waals surface area contributed by atoms with E-state index in [-0.39, 0.29) is 12.0 Å². The van der Waals surface area contributed by atoms with E-state index in [2.05, 4.69) is 22.4 Å². The van der Waals surface area contributed by atoms with Crippen LogP contribution in [0.15, 0.2) is 17.5 Å². The largest absolute Gasteiger partial charge is 0.335 e. The Labute approximate surface area is 124 Å². The molecule has 0 aromatic carbocycles. The lowest BCUT2D eigenvalue weighted by Crippen LogP contribution is -2.46. The Morgan fingerprint density at radius 3 is 2.85 bits per heavy atom. The van der Waals surface area contributed by atoms with Crippen LogP contribution >= 0.6 is 11.3 Å². The van der Waals surface area contributed by atoms with E-state index in [9.17, 15) is 4.79 Å². The van der Waals surface area contributed by atoms with Crippen molar-refractivity contribution in [1.29, 1.82) is 0 Å². The first-order chi connectivity index (χ1) is 9.75. The third-order valence-corrected chi connectivity index (χ3v) is 6.65. The summed E-state index contributed by atoms with van der Waals surface area (Å²) in [6, 6.07) is 4.69. The molecule has 2 N–H and O–H groups in total. The van der Waals surface area contributed by atoms with Crippen LogP contribution in [0.3, 0.4) is 0 Å². The maximum absolute atomic E-state index is 13.0. The number of rotatable bonds is 2. The summed E-state index contributed by atoms with van der Waals surface area (Å²) in [6.07, 6.45) is 5.89. The molecule has 1 aliphatic heterocycles. The molecule has 108 valence electrons. The van der Waals surface area contributed by atoms with Gasteiger partial charge in [0.1, 0.15) is 0 Å². The number of fused-ring (bicyclic) bond motifs is 2. The average molecular weight is 290 g/mol. The second kappa shape index (κ2) is 4.85. The second-order valence-corrected chi connectivity index (χ2v) is 7.62. The Morgan fingerprint density at radius 1 is 1.30 bits per heavy atom. The third kappa shape index (κ3) is 1.85. The fourth-order valence-corrected chi connectivity index (χ4v) is 5.57. The Morgan fingerprint density at radius 2 is 2.15 bits per heavy atom. The lowest BCUT2D eigenvalue weighted by atomic mass is 9.84. The maximum atomic E-state index is 13.0. The van der Waals surface area contributed by atoms with Crippen molar-refractivity contribution in [2.45, 2.75) is 44.2 Å². The van der Waals surface area contributed by atoms with Crippen LogP contribution in [0.5, 0.6) is 0 Å². The van der Waals surface area contributed by atoms with Crippen molar-refractivity contribution in [1.82, 2.24) is 4.90 Å². The van der Waals surface area contributed by atoms with Gasteiger partial charge < -0.3 is 10.6 Å². The first-order valence-corrected chi connectivity index (χ1v) is 8.73. The zero-order chi connectivity index (χ0) is 13.7. The van der Waals surface area contributed by atoms with E-state index in [0.29, 0.717) is 23.8 Å². The molecule has 5 atom stereocenters. The van der Waals surface area contributed by atoms with Crippen LogP contribution < -0.4 is 5.73 Å². The average Bonchev–Trinajstić information content (AvgIpc) is 3.20. The summed E-state index contributed by atoms with van der Waals surface area (Å²) < 4.78 is 0. The minimum atomic E-state index is 0.106. The number of nitrogens with two attached hydrogens (primary N) is 1. The molecule has 4 heteroatoms. The molecular formula is C16H22N2OS. The van der Waals surface area contributed by atoms with Gasteiger partial charge in [0.25, 0.3) is 0 Å². The van der Waals surface area contributed by atoms with Gasteiger partial charge in [0.2, 0.25) is 5.91 Å². The molecule has 2 bridgehead atoms. The molecule has 1 amide bonds. The van der Waals surface area contributed by atoms with Crippen LogP contribution in [0.25, 0.3) is 0 Å². The lowest BCUT2D eigenvalue weighted by Gasteiger charge is -2.33. The second-order valence-electron chi connectivity index (χ2n) is 6.64. The van der Waals surface area contributed by atoms with Gasteiger partial charge in [0, 0.05) is 17.5 Å². The highest BCUT2D eigenvalue weighted by Gasteiger charge is 2.51. The summed E-state index contributed by atoms with van der Waals surface area (Å²) in [4.78, 5) is 16.5. The third-order valence-electron chi connectivity index (χ3n) is 5.67. The van der Waals surface area contributed by atoms with Crippen LogP contribution in [0, 0.1) is 17.8 Å². The summed E-state index contributed by atoms with van der Waals surface area (Å²) in [5, 5.41) is 2.11. The Hall–Kier alpha value is -0.870. The number of nitrogens with zero attached hydrogens (tertiary/aromatic N) is 1. The Bertz CT molecular complexity index is 499. The van der Waals surface area contributed by atoms with Crippen molar-refractivity contribution in [2.24, 2.45) is 23.5 Å². The fraction of sp³-hybridized carbons (Fsp3) is 0.688. The van der Waals surface area contributed by atoms with Gasteiger partial charge in [-0.1, -0.05) is 6.07 Å². The van der Waals surface area contributed by atoms with Crippen LogP contribution in [-0.4, -0.2) is 23.4 Å². The first kappa shape index (κ1) is 12.8. The van der Waals surface area contributed by atoms with Gasteiger partial charge in [0.15, 0.2) is 0 Å². The van der Waals surface area contributed by atoms with E-state index in [1.807, 2.05) is 0 Å². The maximum Gasteiger partial charge on any atom is 0.228 e. The van der Waals surface area contributed by atoms with E-state index in [0.717, 1.165) is 19.4 Å². The predicted molar refractivity (Wildman–Crippen MR) is 80.3 cm³/mol. The fourth-order valence-electron chi connectivity index (χ4n) is 4.70. The molecule has 0 radical (unpaired) electrons. The van der Waals surface area contributed by atoms with Gasteiger partial charge in [-0.25, -0.2) is 0 Å². The summed E-state index contributed by atoms with van der Waals surface area (Å²) in [5.74, 6) is 1.62. The number of carbonyl (C=O) groups is 1. The molecule has 20 heavy (non-hydrogen) atoms. The number of hydrogen-bond donors (Lipinski definition) is 1. The standard InChI is InChI=1S/C16H22N2OS/c17-15-11-6-5-10(9-11)14(15)16(19)18-7-1-3-12(18)13-4-2-8-20-13/h2,4,8,10-12,14-15H,1,3,5-7,9,17H2. The Balaban J connectivity index is 1.56. The van der Waals surface area contributed by atoms with Gasteiger partial charge in [0.05, 0.1) is 12.0 Å². The van der Waals surface area contributed by atoms with Crippen molar-refractivity contribution >= 4 is 17.2 Å². The predicted octanol–water partition coefficient (Wildman–Crippen LogP) is 2.79. The SMILES string of the molecule is NC1C2CCC(C2)C1C(=O)N1CCCC1c1cccs1. The normalized spacial score (nSPS) is 39.6. The van der Waals surface area contributed by atoms with E-state index >= 15 is 0 Å². The van der Waals surface area contributed by atoms with E-state index in [1.165, 1.54) is 24.1 Å². The molecule has 0 spiro atoms. The van der Waals surface area contributed by atoms with Crippen LogP contribution in [0.4, 0.5) is 0 Å². The van der Waals surface area contributed by atoms with Crippen molar-refractivity contribution < 1.29 is 4.79 Å². The van der Waals surface area contributed by atoms with Crippen LogP contribution in [0.2, 0.25) is 0 Å². The van der Waals surface area contributed by atoms with Crippen molar-refractivity contribution in [3.63, 3.8) is 0 Å². The van der Waals surface area contributed by atoms with Gasteiger partial charge in [-0.15, -0.1) is 11.3 Å². The van der Waals surface area contributed by atoms with Crippen LogP contribution in [-0.2, 0) is 4.79 Å². The smallest absolute Gasteiger partial charge is 0.228 e. The summed E-state index contributed by atoms with van der Waals surface area (Å²) in [5.41, 5.74) is 6.35. The number of thiophene rings is 1. The number of likely N-dealkylation sites (tertiary alicyclic amines) is 1. The molecule has 2 saturated carbocycles. The number of amides is 1. The molecule has 3 nitrogen and oxygen atoms in total. The molecule has 2 aliphatic carbocycles. The monoisotopic (exact) mass is 290 g/mol. The summed E-state index contributed by atoms with van der Waals surface area (Å²) >= 11 is 1.77. The molecule has 2 heterocycles. The van der Waals surface area contributed by atoms with E-state index in [4.69, 9.17) is 5.73 Å². The van der Waals surface area contributed by atoms with Crippen molar-refractivity contribution in [3.05, 3.63) is 22.4 Å². The van der Waals surface area contributed by atoms with E-state index in [1.54, 1.807) is 11.3 Å². The van der Waals surface area contributed by atoms with Gasteiger partial charge in [-0.05, 0) is 55.4 Å². The minimum absolute atomic E-state index is 0.106. The topological polar surface area (TPSA) is 46.3 Å². The van der Waals surface area contributed by atoms with Crippen LogP contribution in [0.1, 0.15) is 43.0 Å². The number of hydrogen-bond acceptors (Lipinski definition) is 3. The van der Waals surface area contributed by atoms with Crippen molar-refractivity contribution in [2.75, 3.05) is 6.54 Å². The zero-order valence-electron chi connectivity index (χ0n) is 11.7. The summed E-state index contributed by atoms with van der Waals surface area (Å²) in [7, 11) is 0. The molecule has 3 fully saturated rings. The van der Waals surface area contributed by atoms with Gasteiger partial charge >= 0.3 is 0 Å². The highest BCUT2D eigenvalue weighted by Crippen LogP contribution is 2.49. The first-order valence-electron chi connectivity index (χ1n) is 7.85. The molecule has 4 rings (SSSR count). The van der Waals surface area contributed by atoms with E-state index < -0.39 is 0 Å². The highest BCUT2D eigenvalue weighted by molar-refractivity contribution is 7.10. The highest BCUT2D eigenvalue weighted by atomic mass is 32.1. The minimum Gasteiger partial charge on any atom is -0.335 e. The zero-order valence-corrected chi connectivity index (χ0v) is 12.5. The van der Waals surface area contributed by atoms with Gasteiger partial charge in [-0.2, -0.15) is 0 Å². The molecule has 1 aromatic rings.